The zero-order valence-corrected chi connectivity index (χ0v) is 19.6. The Balaban J connectivity index is 1.25. The third-order valence-corrected chi connectivity index (χ3v) is 9.24. The third-order valence-electron chi connectivity index (χ3n) is 9.24. The predicted molar refractivity (Wildman–Crippen MR) is 127 cm³/mol. The highest BCUT2D eigenvalue weighted by atomic mass is 16.6. The molecule has 1 aliphatic heterocycles. The Labute approximate surface area is 199 Å². The number of carbonyl (C=O) groups excluding carboxylic acids is 1. The normalized spacial score (nSPS) is 33.8. The van der Waals surface area contributed by atoms with E-state index >= 15 is 0 Å². The van der Waals surface area contributed by atoms with E-state index in [1.807, 2.05) is 0 Å². The van der Waals surface area contributed by atoms with Crippen LogP contribution in [-0.2, 0) is 11.2 Å². The van der Waals surface area contributed by atoms with E-state index in [1.165, 1.54) is 29.7 Å². The molecule has 3 aliphatic carbocycles. The molecule has 2 aromatic rings. The van der Waals surface area contributed by atoms with E-state index in [4.69, 9.17) is 9.47 Å². The number of carbonyl (C=O) groups is 1. The molecule has 0 bridgehead atoms. The van der Waals surface area contributed by atoms with Crippen molar-refractivity contribution >= 4 is 17.5 Å². The smallest absolute Gasteiger partial charge is 0.414 e. The molecule has 3 fully saturated rings. The number of hydrogen-bond acceptors (Lipinski definition) is 5. The van der Waals surface area contributed by atoms with E-state index < -0.39 is 4.92 Å². The molecule has 0 N–H and O–H groups in total. The average Bonchev–Trinajstić information content (AvgIpc) is 3.14. The molecule has 1 saturated heterocycles. The largest absolute Gasteiger partial charge is 0.497 e. The van der Waals surface area contributed by atoms with Crippen molar-refractivity contribution in [2.24, 2.45) is 23.2 Å². The van der Waals surface area contributed by atoms with Crippen molar-refractivity contribution < 1.29 is 19.2 Å². The first-order valence-electron chi connectivity index (χ1n) is 12.3. The van der Waals surface area contributed by atoms with E-state index in [0.717, 1.165) is 31.4 Å². The predicted octanol–water partition coefficient (Wildman–Crippen LogP) is 5.71. The van der Waals surface area contributed by atoms with Crippen LogP contribution in [0.4, 0.5) is 16.2 Å². The van der Waals surface area contributed by atoms with Gasteiger partial charge in [-0.2, -0.15) is 0 Å². The van der Waals surface area contributed by atoms with E-state index in [1.54, 1.807) is 24.1 Å². The molecule has 1 amide bonds. The van der Waals surface area contributed by atoms with Gasteiger partial charge in [0.25, 0.3) is 5.69 Å². The molecule has 0 unspecified atom stereocenters. The van der Waals surface area contributed by atoms with Crippen LogP contribution in [0.5, 0.6) is 5.75 Å². The number of non-ortho nitro benzene ring substituents is 1. The first-order valence-corrected chi connectivity index (χ1v) is 12.3. The van der Waals surface area contributed by atoms with E-state index in [0.29, 0.717) is 30.0 Å². The van der Waals surface area contributed by atoms with Crippen molar-refractivity contribution in [3.8, 4) is 5.75 Å². The molecule has 178 valence electrons. The summed E-state index contributed by atoms with van der Waals surface area (Å²) in [6.45, 7) is 2.95. The van der Waals surface area contributed by atoms with Crippen molar-refractivity contribution in [1.29, 1.82) is 0 Å². The highest BCUT2D eigenvalue weighted by molar-refractivity contribution is 5.88. The van der Waals surface area contributed by atoms with Gasteiger partial charge < -0.3 is 9.47 Å². The second-order valence-electron chi connectivity index (χ2n) is 10.7. The number of aryl methyl sites for hydroxylation is 1. The standard InChI is InChI=1S/C27H30N2O5/c1-27-12-11-22-21-10-8-20(33-2)13-16(21)3-9-23(22)24(27)14-17-15-28(26(30)34-25(17)27)18-4-6-19(7-5-18)29(31)32/h4-8,10,13,17,22-25H,3,9,11-12,14-15H2,1-2H3/t17-,22-,23-,24+,25+,27+/m1/s1. The summed E-state index contributed by atoms with van der Waals surface area (Å²) in [5.41, 5.74) is 3.60. The van der Waals surface area contributed by atoms with Gasteiger partial charge in [0, 0.05) is 35.7 Å². The Bertz CT molecular complexity index is 1150. The summed E-state index contributed by atoms with van der Waals surface area (Å²) < 4.78 is 11.6. The van der Waals surface area contributed by atoms with E-state index in [2.05, 4.69) is 25.1 Å². The quantitative estimate of drug-likeness (QED) is 0.431. The Morgan fingerprint density at radius 1 is 1.18 bits per heavy atom. The number of nitrogens with zero attached hydrogens (tertiary/aromatic N) is 2. The zero-order valence-electron chi connectivity index (χ0n) is 19.6. The summed E-state index contributed by atoms with van der Waals surface area (Å²) in [5, 5.41) is 11.0. The molecule has 2 aromatic carbocycles. The van der Waals surface area contributed by atoms with Gasteiger partial charge in [-0.1, -0.05) is 13.0 Å². The summed E-state index contributed by atoms with van der Waals surface area (Å²) in [7, 11) is 1.72. The molecular formula is C27H30N2O5. The van der Waals surface area contributed by atoms with E-state index in [9.17, 15) is 14.9 Å². The number of methoxy groups -OCH3 is 1. The molecule has 2 saturated carbocycles. The Kier molecular flexibility index (Phi) is 4.87. The molecule has 0 spiro atoms. The Hall–Kier alpha value is -3.09. The fourth-order valence-corrected chi connectivity index (χ4v) is 7.67. The molecule has 6 atom stereocenters. The molecule has 34 heavy (non-hydrogen) atoms. The fourth-order valence-electron chi connectivity index (χ4n) is 7.67. The maximum atomic E-state index is 13.0. The number of fused-ring (bicyclic) bond motifs is 7. The number of amides is 1. The van der Waals surface area contributed by atoms with Crippen LogP contribution < -0.4 is 9.64 Å². The number of ether oxygens (including phenoxy) is 2. The van der Waals surface area contributed by atoms with Crippen LogP contribution in [0.15, 0.2) is 42.5 Å². The van der Waals surface area contributed by atoms with Gasteiger partial charge in [0.15, 0.2) is 0 Å². The number of nitro benzene ring substituents is 1. The first-order chi connectivity index (χ1) is 16.4. The summed E-state index contributed by atoms with van der Waals surface area (Å²) in [5.74, 6) is 2.91. The van der Waals surface area contributed by atoms with Gasteiger partial charge in [0.05, 0.1) is 12.0 Å². The van der Waals surface area contributed by atoms with Gasteiger partial charge in [-0.15, -0.1) is 0 Å². The number of hydrogen-bond donors (Lipinski definition) is 0. The van der Waals surface area contributed by atoms with Gasteiger partial charge >= 0.3 is 6.09 Å². The van der Waals surface area contributed by atoms with Crippen molar-refractivity contribution in [3.05, 3.63) is 63.7 Å². The molecule has 0 radical (unpaired) electrons. The first kappa shape index (κ1) is 21.4. The molecule has 7 nitrogen and oxygen atoms in total. The van der Waals surface area contributed by atoms with Crippen LogP contribution in [0.2, 0.25) is 0 Å². The summed E-state index contributed by atoms with van der Waals surface area (Å²) in [6.07, 6.45) is 5.11. The lowest BCUT2D eigenvalue weighted by Gasteiger charge is -2.51. The SMILES string of the molecule is COc1ccc2c(c1)CC[C@@H]1[C@@H]2CC[C@@]2(C)[C@H]1C[C@@H]1CN(c3ccc([N+](=O)[O-])cc3)C(=O)O[C@@H]12. The lowest BCUT2D eigenvalue weighted by Crippen LogP contribution is -2.52. The lowest BCUT2D eigenvalue weighted by molar-refractivity contribution is -0.384. The Morgan fingerprint density at radius 3 is 2.71 bits per heavy atom. The molecular weight excluding hydrogens is 432 g/mol. The molecule has 0 aromatic heterocycles. The number of nitro groups is 1. The van der Waals surface area contributed by atoms with Crippen molar-refractivity contribution in [2.75, 3.05) is 18.6 Å². The van der Waals surface area contributed by atoms with Gasteiger partial charge in [-0.3, -0.25) is 15.0 Å². The lowest BCUT2D eigenvalue weighted by atomic mass is 9.55. The number of anilines is 1. The van der Waals surface area contributed by atoms with E-state index in [-0.39, 0.29) is 29.2 Å². The maximum absolute atomic E-state index is 13.0. The van der Waals surface area contributed by atoms with Crippen molar-refractivity contribution in [3.63, 3.8) is 0 Å². The molecule has 1 heterocycles. The third kappa shape index (κ3) is 3.12. The minimum Gasteiger partial charge on any atom is -0.497 e. The number of rotatable bonds is 3. The summed E-state index contributed by atoms with van der Waals surface area (Å²) in [4.78, 5) is 25.3. The van der Waals surface area contributed by atoms with Crippen molar-refractivity contribution in [2.45, 2.75) is 51.0 Å². The van der Waals surface area contributed by atoms with Crippen LogP contribution >= 0.6 is 0 Å². The molecule has 6 rings (SSSR count). The van der Waals surface area contributed by atoms with Crippen molar-refractivity contribution in [1.82, 2.24) is 0 Å². The van der Waals surface area contributed by atoms with Crippen LogP contribution in [-0.4, -0.2) is 30.8 Å². The second kappa shape index (κ2) is 7.72. The highest BCUT2D eigenvalue weighted by Crippen LogP contribution is 2.63. The minimum absolute atomic E-state index is 0.00698. The summed E-state index contributed by atoms with van der Waals surface area (Å²) >= 11 is 0. The minimum atomic E-state index is -0.425. The van der Waals surface area contributed by atoms with Crippen LogP contribution in [0.25, 0.3) is 0 Å². The van der Waals surface area contributed by atoms with Gasteiger partial charge in [-0.25, -0.2) is 4.79 Å². The van der Waals surface area contributed by atoms with Crippen LogP contribution in [0, 0.1) is 33.3 Å². The van der Waals surface area contributed by atoms with Crippen LogP contribution in [0.3, 0.4) is 0 Å². The monoisotopic (exact) mass is 462 g/mol. The number of benzene rings is 2. The summed E-state index contributed by atoms with van der Waals surface area (Å²) in [6, 6.07) is 12.8. The average molecular weight is 463 g/mol. The fraction of sp³-hybridized carbons (Fsp3) is 0.519. The highest BCUT2D eigenvalue weighted by Gasteiger charge is 2.61. The van der Waals surface area contributed by atoms with Gasteiger partial charge in [-0.05, 0) is 85.3 Å². The molecule has 4 aliphatic rings. The zero-order chi connectivity index (χ0) is 23.6. The topological polar surface area (TPSA) is 81.9 Å². The van der Waals surface area contributed by atoms with Crippen LogP contribution in [0.1, 0.15) is 49.7 Å². The Morgan fingerprint density at radius 2 is 1.97 bits per heavy atom. The van der Waals surface area contributed by atoms with Gasteiger partial charge in [0.2, 0.25) is 0 Å². The maximum Gasteiger partial charge on any atom is 0.414 e. The molecule has 7 heteroatoms. The second-order valence-corrected chi connectivity index (χ2v) is 10.7. The van der Waals surface area contributed by atoms with Gasteiger partial charge in [0.1, 0.15) is 11.9 Å².